The first-order valence-electron chi connectivity index (χ1n) is 11.1. The van der Waals surface area contributed by atoms with Gasteiger partial charge in [0.05, 0.1) is 17.0 Å². The minimum absolute atomic E-state index is 0.0595. The summed E-state index contributed by atoms with van der Waals surface area (Å²) in [7, 11) is 0. The number of halogens is 1. The molecule has 5 rings (SSSR count). The normalized spacial score (nSPS) is 11.9. The number of H-pyrrole nitrogens is 1. The fourth-order valence-electron chi connectivity index (χ4n) is 3.77. The van der Waals surface area contributed by atoms with Crippen LogP contribution in [0, 0.1) is 12.7 Å². The average Bonchev–Trinajstić information content (AvgIpc) is 3.44. The zero-order valence-corrected chi connectivity index (χ0v) is 20.6. The third-order valence-corrected chi connectivity index (χ3v) is 6.57. The molecule has 2 aromatic carbocycles. The van der Waals surface area contributed by atoms with Crippen molar-refractivity contribution in [2.24, 2.45) is 0 Å². The first-order valence-corrected chi connectivity index (χ1v) is 12.1. The number of fused-ring (bicyclic) bond motifs is 1. The van der Waals surface area contributed by atoms with Crippen molar-refractivity contribution in [2.45, 2.75) is 44.0 Å². The van der Waals surface area contributed by atoms with Crippen LogP contribution in [0.15, 0.2) is 69.1 Å². The van der Waals surface area contributed by atoms with Crippen molar-refractivity contribution in [3.8, 4) is 17.1 Å². The summed E-state index contributed by atoms with van der Waals surface area (Å²) in [6.45, 7) is 8.36. The summed E-state index contributed by atoms with van der Waals surface area (Å²) in [5, 5.41) is 4.56. The quantitative estimate of drug-likeness (QED) is 0.248. The van der Waals surface area contributed by atoms with Gasteiger partial charge in [0.1, 0.15) is 11.3 Å². The Morgan fingerprint density at radius 1 is 1.06 bits per heavy atom. The molecular formula is C26H24FN5O2S. The number of hydrogen-bond donors (Lipinski definition) is 1. The number of aromatic amines is 1. The maximum Gasteiger partial charge on any atom is 0.283 e. The van der Waals surface area contributed by atoms with Crippen molar-refractivity contribution in [1.29, 1.82) is 0 Å². The predicted octanol–water partition coefficient (Wildman–Crippen LogP) is 5.80. The molecule has 0 aliphatic rings. The average molecular weight is 490 g/mol. The van der Waals surface area contributed by atoms with E-state index in [0.717, 1.165) is 11.3 Å². The number of nitrogens with one attached hydrogen (secondary N) is 1. The maximum atomic E-state index is 13.5. The van der Waals surface area contributed by atoms with Crippen LogP contribution in [0.25, 0.3) is 28.1 Å². The van der Waals surface area contributed by atoms with Gasteiger partial charge in [0.2, 0.25) is 11.7 Å². The van der Waals surface area contributed by atoms with Gasteiger partial charge in [-0.2, -0.15) is 4.98 Å². The van der Waals surface area contributed by atoms with Crippen LogP contribution in [0.1, 0.15) is 37.9 Å². The van der Waals surface area contributed by atoms with Crippen LogP contribution in [0.3, 0.4) is 0 Å². The molecule has 0 atom stereocenters. The van der Waals surface area contributed by atoms with E-state index in [0.29, 0.717) is 39.3 Å². The summed E-state index contributed by atoms with van der Waals surface area (Å²) in [5.41, 5.74) is 4.20. The zero-order valence-electron chi connectivity index (χ0n) is 19.8. The molecule has 178 valence electrons. The predicted molar refractivity (Wildman–Crippen MR) is 134 cm³/mol. The number of thioether (sulfide) groups is 1. The van der Waals surface area contributed by atoms with Gasteiger partial charge in [-0.25, -0.2) is 9.37 Å². The second-order valence-corrected chi connectivity index (χ2v) is 10.3. The second-order valence-electron chi connectivity index (χ2n) is 9.35. The summed E-state index contributed by atoms with van der Waals surface area (Å²) in [4.78, 5) is 25.5. The van der Waals surface area contributed by atoms with Crippen molar-refractivity contribution in [3.63, 3.8) is 0 Å². The lowest BCUT2D eigenvalue weighted by Crippen LogP contribution is -2.21. The molecule has 3 aromatic heterocycles. The van der Waals surface area contributed by atoms with Crippen LogP contribution in [0.4, 0.5) is 4.39 Å². The molecule has 0 unspecified atom stereocenters. The van der Waals surface area contributed by atoms with E-state index in [9.17, 15) is 9.18 Å². The van der Waals surface area contributed by atoms with Gasteiger partial charge in [0.15, 0.2) is 5.16 Å². The standard InChI is InChI=1S/C26H24FN5O2S/c1-15-13-20-22(28-15)24(33)32(19-11-9-18(27)10-12-19)25(29-20)35-14-21-30-23(31-34-21)16-5-7-17(8-6-16)26(2,3)4/h5-13,28H,14H2,1-4H3. The lowest BCUT2D eigenvalue weighted by molar-refractivity contribution is 0.391. The number of nitrogens with zero attached hydrogens (tertiary/aromatic N) is 4. The highest BCUT2D eigenvalue weighted by Crippen LogP contribution is 2.27. The molecule has 5 aromatic rings. The molecule has 35 heavy (non-hydrogen) atoms. The van der Waals surface area contributed by atoms with Crippen LogP contribution in [-0.2, 0) is 11.2 Å². The molecule has 9 heteroatoms. The second kappa shape index (κ2) is 8.81. The van der Waals surface area contributed by atoms with Crippen molar-refractivity contribution in [2.75, 3.05) is 0 Å². The van der Waals surface area contributed by atoms with E-state index in [1.165, 1.54) is 34.0 Å². The Kier molecular flexibility index (Phi) is 5.80. The van der Waals surface area contributed by atoms with Gasteiger partial charge in [-0.05, 0) is 48.2 Å². The largest absolute Gasteiger partial charge is 0.353 e. The molecule has 0 aliphatic carbocycles. The van der Waals surface area contributed by atoms with E-state index >= 15 is 0 Å². The lowest BCUT2D eigenvalue weighted by Gasteiger charge is -2.18. The zero-order chi connectivity index (χ0) is 24.7. The van der Waals surface area contributed by atoms with E-state index in [1.807, 2.05) is 25.1 Å². The number of benzene rings is 2. The van der Waals surface area contributed by atoms with Gasteiger partial charge in [-0.15, -0.1) is 0 Å². The maximum absolute atomic E-state index is 13.5. The molecule has 0 radical (unpaired) electrons. The first-order chi connectivity index (χ1) is 16.7. The molecule has 0 bridgehead atoms. The Balaban J connectivity index is 1.44. The van der Waals surface area contributed by atoms with E-state index < -0.39 is 0 Å². The molecule has 0 amide bonds. The number of aryl methyl sites for hydroxylation is 1. The van der Waals surface area contributed by atoms with Gasteiger partial charge in [-0.1, -0.05) is 62.0 Å². The van der Waals surface area contributed by atoms with Crippen LogP contribution in [-0.4, -0.2) is 24.7 Å². The van der Waals surface area contributed by atoms with Crippen molar-refractivity contribution < 1.29 is 8.91 Å². The van der Waals surface area contributed by atoms with E-state index in [4.69, 9.17) is 4.52 Å². The van der Waals surface area contributed by atoms with Gasteiger partial charge in [0, 0.05) is 11.3 Å². The van der Waals surface area contributed by atoms with Crippen molar-refractivity contribution in [1.82, 2.24) is 24.7 Å². The van der Waals surface area contributed by atoms with Crippen LogP contribution < -0.4 is 5.56 Å². The topological polar surface area (TPSA) is 89.6 Å². The fraction of sp³-hybridized carbons (Fsp3) is 0.231. The summed E-state index contributed by atoms with van der Waals surface area (Å²) in [5.74, 6) is 0.849. The monoisotopic (exact) mass is 489 g/mol. The Labute approximate surface area is 205 Å². The number of rotatable bonds is 5. The molecule has 0 aliphatic heterocycles. The number of hydrogen-bond acceptors (Lipinski definition) is 6. The first kappa shape index (κ1) is 23.0. The highest BCUT2D eigenvalue weighted by Gasteiger charge is 2.18. The smallest absolute Gasteiger partial charge is 0.283 e. The molecule has 3 heterocycles. The summed E-state index contributed by atoms with van der Waals surface area (Å²) in [6.07, 6.45) is 0. The molecule has 1 N–H and O–H groups in total. The SMILES string of the molecule is Cc1cc2nc(SCc3nc(-c4ccc(C(C)(C)C)cc4)no3)n(-c3ccc(F)cc3)c(=O)c2[nH]1. The molecule has 0 saturated heterocycles. The highest BCUT2D eigenvalue weighted by molar-refractivity contribution is 7.98. The summed E-state index contributed by atoms with van der Waals surface area (Å²) in [6, 6.07) is 15.7. The Morgan fingerprint density at radius 2 is 1.77 bits per heavy atom. The van der Waals surface area contributed by atoms with Crippen LogP contribution in [0.2, 0.25) is 0 Å². The summed E-state index contributed by atoms with van der Waals surface area (Å²) < 4.78 is 20.4. The van der Waals surface area contributed by atoms with Gasteiger partial charge < -0.3 is 9.51 Å². The third-order valence-electron chi connectivity index (χ3n) is 5.64. The van der Waals surface area contributed by atoms with Crippen LogP contribution >= 0.6 is 11.8 Å². The molecule has 0 fully saturated rings. The van der Waals surface area contributed by atoms with Crippen LogP contribution in [0.5, 0.6) is 0 Å². The van der Waals surface area contributed by atoms with Gasteiger partial charge in [0.25, 0.3) is 5.56 Å². The van der Waals surface area contributed by atoms with E-state index in [2.05, 4.69) is 53.0 Å². The van der Waals surface area contributed by atoms with Gasteiger partial charge in [-0.3, -0.25) is 9.36 Å². The Bertz CT molecular complexity index is 1560. The Morgan fingerprint density at radius 3 is 2.46 bits per heavy atom. The number of aromatic nitrogens is 5. The van der Waals surface area contributed by atoms with E-state index in [1.54, 1.807) is 12.1 Å². The minimum Gasteiger partial charge on any atom is -0.353 e. The third kappa shape index (κ3) is 4.64. The molecule has 0 saturated carbocycles. The minimum atomic E-state index is -0.380. The van der Waals surface area contributed by atoms with Crippen molar-refractivity contribution in [3.05, 3.63) is 87.9 Å². The highest BCUT2D eigenvalue weighted by atomic mass is 32.2. The van der Waals surface area contributed by atoms with Crippen molar-refractivity contribution >= 4 is 22.8 Å². The Hall–Kier alpha value is -3.72. The molecule has 7 nitrogen and oxygen atoms in total. The lowest BCUT2D eigenvalue weighted by atomic mass is 9.87. The van der Waals surface area contributed by atoms with E-state index in [-0.39, 0.29) is 16.8 Å². The van der Waals surface area contributed by atoms with Gasteiger partial charge >= 0.3 is 0 Å². The summed E-state index contributed by atoms with van der Waals surface area (Å²) >= 11 is 1.30. The molecular weight excluding hydrogens is 465 g/mol. The molecule has 0 spiro atoms. The fourth-order valence-corrected chi connectivity index (χ4v) is 4.62.